The molecule has 0 amide bonds. The molecule has 0 saturated carbocycles. The minimum absolute atomic E-state index is 0.136. The molecule has 3 rings (SSSR count). The first-order chi connectivity index (χ1) is 8.63. The number of carboxylic acids is 1. The fraction of sp³-hybridized carbons (Fsp3) is 0.364. The Bertz CT molecular complexity index is 536. The van der Waals surface area contributed by atoms with E-state index in [0.29, 0.717) is 23.0 Å². The van der Waals surface area contributed by atoms with Gasteiger partial charge in [0.05, 0.1) is 16.7 Å². The number of hydrogen-bond acceptors (Lipinski definition) is 6. The number of aliphatic hydroxyl groups excluding tert-OH is 1. The van der Waals surface area contributed by atoms with Gasteiger partial charge in [-0.05, 0) is 12.2 Å². The van der Waals surface area contributed by atoms with E-state index >= 15 is 0 Å². The van der Waals surface area contributed by atoms with Gasteiger partial charge < -0.3 is 10.2 Å². The number of hydrogen-bond donors (Lipinski definition) is 2. The van der Waals surface area contributed by atoms with E-state index in [1.807, 2.05) is 0 Å². The van der Waals surface area contributed by atoms with Crippen molar-refractivity contribution < 1.29 is 15.0 Å². The molecule has 0 fully saturated rings. The van der Waals surface area contributed by atoms with Crippen molar-refractivity contribution in [1.29, 1.82) is 0 Å². The Morgan fingerprint density at radius 2 is 2.22 bits per heavy atom. The van der Waals surface area contributed by atoms with E-state index in [9.17, 15) is 9.90 Å². The van der Waals surface area contributed by atoms with Crippen LogP contribution in [0.1, 0.15) is 6.42 Å². The molecule has 0 radical (unpaired) electrons. The molecular formula is C11H10N2O3S2. The standard InChI is InChI=1S/C11H10N2O3S2/c14-5-1-2-6-8(3-5)18-10(12-6)9-13-7(4-17-9)11(15)16/h1-2,7-8,14H,3-4H2,(H,15,16). The maximum Gasteiger partial charge on any atom is 0.329 e. The second-order valence-corrected chi connectivity index (χ2v) is 6.28. The van der Waals surface area contributed by atoms with Gasteiger partial charge >= 0.3 is 5.97 Å². The maximum atomic E-state index is 10.8. The summed E-state index contributed by atoms with van der Waals surface area (Å²) in [6.45, 7) is 0. The van der Waals surface area contributed by atoms with E-state index < -0.39 is 12.0 Å². The van der Waals surface area contributed by atoms with Gasteiger partial charge in [0.25, 0.3) is 0 Å². The highest BCUT2D eigenvalue weighted by atomic mass is 32.2. The lowest BCUT2D eigenvalue weighted by Crippen LogP contribution is -2.17. The van der Waals surface area contributed by atoms with Gasteiger partial charge in [-0.2, -0.15) is 0 Å². The van der Waals surface area contributed by atoms with Crippen LogP contribution in [0.4, 0.5) is 0 Å². The molecule has 2 unspecified atom stereocenters. The highest BCUT2D eigenvalue weighted by Gasteiger charge is 2.34. The van der Waals surface area contributed by atoms with E-state index in [1.165, 1.54) is 11.8 Å². The fourth-order valence-corrected chi connectivity index (χ4v) is 4.17. The first-order valence-electron chi connectivity index (χ1n) is 5.42. The van der Waals surface area contributed by atoms with Crippen LogP contribution < -0.4 is 0 Å². The van der Waals surface area contributed by atoms with Crippen LogP contribution in [0.2, 0.25) is 0 Å². The average Bonchev–Trinajstić information content (AvgIpc) is 2.93. The predicted molar refractivity (Wildman–Crippen MR) is 73.5 cm³/mol. The van der Waals surface area contributed by atoms with Crippen LogP contribution in [0.5, 0.6) is 0 Å². The number of allylic oxidation sites excluding steroid dienone is 3. The van der Waals surface area contributed by atoms with Gasteiger partial charge in [-0.1, -0.05) is 11.8 Å². The molecule has 2 aliphatic heterocycles. The Morgan fingerprint density at radius 1 is 1.39 bits per heavy atom. The van der Waals surface area contributed by atoms with Crippen molar-refractivity contribution in [3.05, 3.63) is 23.6 Å². The SMILES string of the molecule is O=C(O)C1CSC(C2=NC3=CC=C(O)CC3S2)=N1. The van der Waals surface area contributed by atoms with Gasteiger partial charge in [-0.25, -0.2) is 9.79 Å². The highest BCUT2D eigenvalue weighted by Crippen LogP contribution is 2.39. The summed E-state index contributed by atoms with van der Waals surface area (Å²) in [6.07, 6.45) is 4.03. The minimum Gasteiger partial charge on any atom is -0.512 e. The molecule has 3 aliphatic rings. The van der Waals surface area contributed by atoms with Crippen molar-refractivity contribution >= 4 is 39.6 Å². The predicted octanol–water partition coefficient (Wildman–Crippen LogP) is 1.83. The lowest BCUT2D eigenvalue weighted by atomic mass is 10.1. The fourth-order valence-electron chi connectivity index (χ4n) is 1.86. The van der Waals surface area contributed by atoms with Gasteiger partial charge in [0.15, 0.2) is 6.04 Å². The summed E-state index contributed by atoms with van der Waals surface area (Å²) < 4.78 is 0. The molecule has 2 heterocycles. The third kappa shape index (κ3) is 2.08. The molecule has 18 heavy (non-hydrogen) atoms. The molecule has 0 aromatic heterocycles. The zero-order chi connectivity index (χ0) is 12.7. The summed E-state index contributed by atoms with van der Waals surface area (Å²) >= 11 is 2.98. The number of thioether (sulfide) groups is 2. The van der Waals surface area contributed by atoms with Crippen LogP contribution in [-0.4, -0.2) is 43.3 Å². The molecule has 1 aliphatic carbocycles. The smallest absolute Gasteiger partial charge is 0.329 e. The molecule has 2 atom stereocenters. The van der Waals surface area contributed by atoms with Crippen LogP contribution in [0.15, 0.2) is 33.6 Å². The Balaban J connectivity index is 1.81. The number of nitrogens with zero attached hydrogens (tertiary/aromatic N) is 2. The van der Waals surface area contributed by atoms with Crippen molar-refractivity contribution in [1.82, 2.24) is 0 Å². The Morgan fingerprint density at radius 3 is 2.94 bits per heavy atom. The van der Waals surface area contributed by atoms with Crippen LogP contribution in [-0.2, 0) is 4.79 Å². The zero-order valence-corrected chi connectivity index (χ0v) is 10.9. The van der Waals surface area contributed by atoms with Crippen LogP contribution in [0, 0.1) is 0 Å². The molecule has 5 nitrogen and oxygen atoms in total. The number of aliphatic carboxylic acids is 1. The van der Waals surface area contributed by atoms with Gasteiger partial charge in [0, 0.05) is 12.2 Å². The maximum absolute atomic E-state index is 10.8. The van der Waals surface area contributed by atoms with Gasteiger partial charge in [0.2, 0.25) is 0 Å². The molecule has 94 valence electrons. The van der Waals surface area contributed by atoms with Gasteiger partial charge in [0.1, 0.15) is 10.1 Å². The second kappa shape index (κ2) is 4.47. The van der Waals surface area contributed by atoms with Crippen molar-refractivity contribution in [2.45, 2.75) is 17.7 Å². The lowest BCUT2D eigenvalue weighted by Gasteiger charge is -2.12. The van der Waals surface area contributed by atoms with Crippen molar-refractivity contribution in [2.24, 2.45) is 9.98 Å². The quantitative estimate of drug-likeness (QED) is 0.807. The minimum atomic E-state index is -0.892. The van der Waals surface area contributed by atoms with Crippen LogP contribution in [0.3, 0.4) is 0 Å². The first kappa shape index (κ1) is 11.9. The van der Waals surface area contributed by atoms with E-state index in [0.717, 1.165) is 10.7 Å². The van der Waals surface area contributed by atoms with E-state index in [1.54, 1.807) is 23.9 Å². The summed E-state index contributed by atoms with van der Waals surface area (Å²) in [5, 5.41) is 20.0. The largest absolute Gasteiger partial charge is 0.512 e. The van der Waals surface area contributed by atoms with Crippen LogP contribution >= 0.6 is 23.5 Å². The third-order valence-corrected chi connectivity index (χ3v) is 5.16. The van der Waals surface area contributed by atoms with E-state index in [4.69, 9.17) is 5.11 Å². The summed E-state index contributed by atoms with van der Waals surface area (Å²) in [5.41, 5.74) is 0.926. The molecule has 0 aromatic rings. The number of fused-ring (bicyclic) bond motifs is 1. The Labute approximate surface area is 112 Å². The Kier molecular flexibility index (Phi) is 2.95. The number of aliphatic hydroxyl groups is 1. The molecule has 0 bridgehead atoms. The normalized spacial score (nSPS) is 30.2. The highest BCUT2D eigenvalue weighted by molar-refractivity contribution is 8.25. The first-order valence-corrected chi connectivity index (χ1v) is 7.29. The van der Waals surface area contributed by atoms with Crippen molar-refractivity contribution in [3.63, 3.8) is 0 Å². The number of aliphatic imine (C=N–C) groups is 2. The molecule has 0 saturated heterocycles. The number of carboxylic acid groups (broad SMARTS) is 1. The number of carbonyl (C=O) groups is 1. The van der Waals surface area contributed by atoms with E-state index in [2.05, 4.69) is 9.98 Å². The topological polar surface area (TPSA) is 82.2 Å². The zero-order valence-electron chi connectivity index (χ0n) is 9.24. The summed E-state index contributed by atoms with van der Waals surface area (Å²) in [5.74, 6) is -0.0635. The van der Waals surface area contributed by atoms with Gasteiger partial charge in [-0.15, -0.1) is 11.8 Å². The second-order valence-electron chi connectivity index (χ2n) is 4.08. The lowest BCUT2D eigenvalue weighted by molar-refractivity contribution is -0.137. The van der Waals surface area contributed by atoms with Crippen molar-refractivity contribution in [3.8, 4) is 0 Å². The van der Waals surface area contributed by atoms with Crippen LogP contribution in [0.25, 0.3) is 0 Å². The monoisotopic (exact) mass is 282 g/mol. The third-order valence-electron chi connectivity index (χ3n) is 2.77. The molecule has 0 aromatic carbocycles. The molecular weight excluding hydrogens is 272 g/mol. The number of rotatable bonds is 2. The molecule has 0 spiro atoms. The van der Waals surface area contributed by atoms with Gasteiger partial charge in [-0.3, -0.25) is 4.99 Å². The molecule has 2 N–H and O–H groups in total. The summed E-state index contributed by atoms with van der Waals surface area (Å²) in [6, 6.07) is -0.656. The Hall–Kier alpha value is -1.21. The summed E-state index contributed by atoms with van der Waals surface area (Å²) in [7, 11) is 0. The van der Waals surface area contributed by atoms with E-state index in [-0.39, 0.29) is 5.25 Å². The average molecular weight is 282 g/mol. The summed E-state index contributed by atoms with van der Waals surface area (Å²) in [4.78, 5) is 19.5. The van der Waals surface area contributed by atoms with Crippen molar-refractivity contribution in [2.75, 3.05) is 5.75 Å². The molecule has 7 heteroatoms.